The molecule has 0 spiro atoms. The number of hydrogen-bond donors (Lipinski definition) is 1. The molecule has 15 heavy (non-hydrogen) atoms. The lowest BCUT2D eigenvalue weighted by Crippen LogP contribution is -2.35. The van der Waals surface area contributed by atoms with Gasteiger partial charge in [0.2, 0.25) is 0 Å². The van der Waals surface area contributed by atoms with E-state index in [1.165, 1.54) is 5.56 Å². The van der Waals surface area contributed by atoms with Crippen LogP contribution in [0.3, 0.4) is 0 Å². The van der Waals surface area contributed by atoms with Crippen LogP contribution >= 0.6 is 0 Å². The predicted molar refractivity (Wildman–Crippen MR) is 58.2 cm³/mol. The van der Waals surface area contributed by atoms with Crippen LogP contribution in [0.1, 0.15) is 24.4 Å². The van der Waals surface area contributed by atoms with Crippen molar-refractivity contribution in [1.82, 2.24) is 5.06 Å². The van der Waals surface area contributed by atoms with Crippen molar-refractivity contribution in [3.05, 3.63) is 35.9 Å². The highest BCUT2D eigenvalue weighted by Crippen LogP contribution is 2.29. The van der Waals surface area contributed by atoms with Crippen LogP contribution in [0.5, 0.6) is 0 Å². The molecule has 0 unspecified atom stereocenters. The van der Waals surface area contributed by atoms with Crippen LogP contribution in [0.4, 0.5) is 0 Å². The van der Waals surface area contributed by atoms with E-state index in [9.17, 15) is 0 Å². The Morgan fingerprint density at radius 3 is 2.87 bits per heavy atom. The van der Waals surface area contributed by atoms with Crippen LogP contribution in [0.15, 0.2) is 30.3 Å². The Hall–Kier alpha value is -0.900. The number of aliphatic hydroxyl groups excluding tert-OH is 1. The molecule has 1 aromatic carbocycles. The van der Waals surface area contributed by atoms with Crippen molar-refractivity contribution in [3.63, 3.8) is 0 Å². The molecule has 0 radical (unpaired) electrons. The van der Waals surface area contributed by atoms with Gasteiger partial charge in [0.25, 0.3) is 0 Å². The molecule has 82 valence electrons. The maximum absolute atomic E-state index is 8.96. The van der Waals surface area contributed by atoms with Gasteiger partial charge in [-0.3, -0.25) is 4.84 Å². The van der Waals surface area contributed by atoms with Crippen molar-refractivity contribution in [3.8, 4) is 0 Å². The van der Waals surface area contributed by atoms with Gasteiger partial charge in [0.15, 0.2) is 0 Å². The van der Waals surface area contributed by atoms with E-state index in [0.717, 1.165) is 19.4 Å². The Morgan fingerprint density at radius 2 is 2.13 bits per heavy atom. The fraction of sp³-hybridized carbons (Fsp3) is 0.500. The van der Waals surface area contributed by atoms with E-state index in [2.05, 4.69) is 12.1 Å². The third-order valence-electron chi connectivity index (χ3n) is 2.73. The summed E-state index contributed by atoms with van der Waals surface area (Å²) in [4.78, 5) is 5.56. The zero-order chi connectivity index (χ0) is 10.5. The van der Waals surface area contributed by atoms with Gasteiger partial charge in [-0.1, -0.05) is 30.3 Å². The predicted octanol–water partition coefficient (Wildman–Crippen LogP) is 1.75. The molecule has 1 atom stereocenters. The van der Waals surface area contributed by atoms with Crippen molar-refractivity contribution in [2.45, 2.75) is 18.9 Å². The summed E-state index contributed by atoms with van der Waals surface area (Å²) in [6.07, 6.45) is 2.19. The number of benzene rings is 1. The summed E-state index contributed by atoms with van der Waals surface area (Å²) in [6, 6.07) is 10.6. The molecular formula is C12H17NO2. The molecule has 0 aliphatic carbocycles. The van der Waals surface area contributed by atoms with Crippen LogP contribution in [-0.4, -0.2) is 29.9 Å². The lowest BCUT2D eigenvalue weighted by molar-refractivity contribution is -0.217. The minimum absolute atomic E-state index is 0.142. The highest BCUT2D eigenvalue weighted by atomic mass is 16.7. The van der Waals surface area contributed by atoms with Crippen molar-refractivity contribution in [2.24, 2.45) is 0 Å². The second-order valence-corrected chi connectivity index (χ2v) is 3.77. The van der Waals surface area contributed by atoms with Crippen molar-refractivity contribution >= 4 is 0 Å². The summed E-state index contributed by atoms with van der Waals surface area (Å²) in [5.74, 6) is 0. The van der Waals surface area contributed by atoms with E-state index >= 15 is 0 Å². The molecule has 3 heteroatoms. The first kappa shape index (κ1) is 10.6. The maximum Gasteiger partial charge on any atom is 0.0686 e. The molecule has 1 N–H and O–H groups in total. The Labute approximate surface area is 90.2 Å². The zero-order valence-corrected chi connectivity index (χ0v) is 8.80. The van der Waals surface area contributed by atoms with Crippen molar-refractivity contribution in [1.29, 1.82) is 0 Å². The number of aliphatic hydroxyl groups is 1. The third kappa shape index (κ3) is 2.56. The normalized spacial score (nSPS) is 22.9. The molecular weight excluding hydrogens is 190 g/mol. The highest BCUT2D eigenvalue weighted by molar-refractivity contribution is 5.18. The number of hydroxylamine groups is 2. The molecule has 0 bridgehead atoms. The minimum Gasteiger partial charge on any atom is -0.395 e. The third-order valence-corrected chi connectivity index (χ3v) is 2.73. The Bertz CT molecular complexity index is 287. The average molecular weight is 207 g/mol. The van der Waals surface area contributed by atoms with Gasteiger partial charge in [0.1, 0.15) is 0 Å². The number of rotatable bonds is 3. The van der Waals surface area contributed by atoms with Gasteiger partial charge in [-0.05, 0) is 18.4 Å². The fourth-order valence-corrected chi connectivity index (χ4v) is 2.02. The second-order valence-electron chi connectivity index (χ2n) is 3.77. The van der Waals surface area contributed by atoms with Gasteiger partial charge < -0.3 is 5.11 Å². The van der Waals surface area contributed by atoms with E-state index in [1.807, 2.05) is 23.3 Å². The van der Waals surface area contributed by atoms with E-state index in [0.29, 0.717) is 12.6 Å². The molecule has 1 fully saturated rings. The molecule has 0 saturated carbocycles. The summed E-state index contributed by atoms with van der Waals surface area (Å²) >= 11 is 0. The first-order valence-electron chi connectivity index (χ1n) is 5.47. The van der Waals surface area contributed by atoms with Gasteiger partial charge in [-0.2, -0.15) is 5.06 Å². The van der Waals surface area contributed by atoms with E-state index in [1.54, 1.807) is 0 Å². The average Bonchev–Trinajstić information content (AvgIpc) is 2.31. The van der Waals surface area contributed by atoms with Gasteiger partial charge in [-0.15, -0.1) is 0 Å². The standard InChI is InChI=1S/C12H17NO2/c14-9-8-13-12(7-4-10-15-13)11-5-2-1-3-6-11/h1-3,5-6,12,14H,4,7-10H2/t12-/m0/s1. The van der Waals surface area contributed by atoms with Gasteiger partial charge in [-0.25, -0.2) is 0 Å². The molecule has 1 saturated heterocycles. The van der Waals surface area contributed by atoms with Crippen LogP contribution in [0.2, 0.25) is 0 Å². The Kier molecular flexibility index (Phi) is 3.72. The molecule has 1 heterocycles. The number of hydrogen-bond acceptors (Lipinski definition) is 3. The van der Waals surface area contributed by atoms with E-state index in [4.69, 9.17) is 9.94 Å². The SMILES string of the molecule is OCCN1OCCC[C@H]1c1ccccc1. The molecule has 1 aromatic rings. The molecule has 0 amide bonds. The maximum atomic E-state index is 8.96. The zero-order valence-electron chi connectivity index (χ0n) is 8.80. The fourth-order valence-electron chi connectivity index (χ4n) is 2.02. The van der Waals surface area contributed by atoms with E-state index in [-0.39, 0.29) is 6.61 Å². The van der Waals surface area contributed by atoms with Crippen molar-refractivity contribution < 1.29 is 9.94 Å². The van der Waals surface area contributed by atoms with Crippen LogP contribution in [-0.2, 0) is 4.84 Å². The number of nitrogens with zero attached hydrogens (tertiary/aromatic N) is 1. The highest BCUT2D eigenvalue weighted by Gasteiger charge is 2.24. The Morgan fingerprint density at radius 1 is 1.33 bits per heavy atom. The number of β-amino-alcohol motifs (C(OH)–C–C–N with tert-alkyl or cyclic N) is 1. The summed E-state index contributed by atoms with van der Waals surface area (Å²) in [6.45, 7) is 1.49. The summed E-state index contributed by atoms with van der Waals surface area (Å²) < 4.78 is 0. The van der Waals surface area contributed by atoms with E-state index < -0.39 is 0 Å². The van der Waals surface area contributed by atoms with Crippen molar-refractivity contribution in [2.75, 3.05) is 19.8 Å². The first-order chi connectivity index (χ1) is 7.42. The summed E-state index contributed by atoms with van der Waals surface area (Å²) in [5.41, 5.74) is 1.27. The molecule has 3 nitrogen and oxygen atoms in total. The summed E-state index contributed by atoms with van der Waals surface area (Å²) in [5, 5.41) is 10.9. The largest absolute Gasteiger partial charge is 0.395 e. The Balaban J connectivity index is 2.11. The topological polar surface area (TPSA) is 32.7 Å². The van der Waals surface area contributed by atoms with Gasteiger partial charge in [0, 0.05) is 6.54 Å². The van der Waals surface area contributed by atoms with Gasteiger partial charge >= 0.3 is 0 Å². The summed E-state index contributed by atoms with van der Waals surface area (Å²) in [7, 11) is 0. The molecule has 1 aliphatic rings. The smallest absolute Gasteiger partial charge is 0.0686 e. The lowest BCUT2D eigenvalue weighted by atomic mass is 10.0. The van der Waals surface area contributed by atoms with Gasteiger partial charge in [0.05, 0.1) is 19.3 Å². The lowest BCUT2D eigenvalue weighted by Gasteiger charge is -2.34. The van der Waals surface area contributed by atoms with Crippen LogP contribution in [0, 0.1) is 0 Å². The van der Waals surface area contributed by atoms with Crippen LogP contribution in [0.25, 0.3) is 0 Å². The van der Waals surface area contributed by atoms with Crippen LogP contribution < -0.4 is 0 Å². The quantitative estimate of drug-likeness (QED) is 0.819. The minimum atomic E-state index is 0.142. The molecule has 0 aromatic heterocycles. The second kappa shape index (κ2) is 5.26. The molecule has 1 aliphatic heterocycles. The monoisotopic (exact) mass is 207 g/mol. The first-order valence-corrected chi connectivity index (χ1v) is 5.47. The molecule has 2 rings (SSSR count).